The van der Waals surface area contributed by atoms with Crippen molar-refractivity contribution in [3.63, 3.8) is 0 Å². The predicted octanol–water partition coefficient (Wildman–Crippen LogP) is 2.15. The van der Waals surface area contributed by atoms with Crippen molar-refractivity contribution in [2.75, 3.05) is 13.1 Å². The number of urea groups is 1. The molecule has 7 N–H and O–H groups in total. The third-order valence-corrected chi connectivity index (χ3v) is 6.04. The minimum atomic E-state index is -1.47. The number of amides is 3. The Morgan fingerprint density at radius 3 is 1.97 bits per heavy atom. The monoisotopic (exact) mass is 586 g/mol. The highest BCUT2D eigenvalue weighted by Gasteiger charge is 2.25. The number of aliphatic carboxylic acids is 3. The fourth-order valence-electron chi connectivity index (χ4n) is 3.47. The lowest BCUT2D eigenvalue weighted by Gasteiger charge is -2.24. The Kier molecular flexibility index (Phi) is 14.9. The van der Waals surface area contributed by atoms with E-state index in [4.69, 9.17) is 15.9 Å². The Morgan fingerprint density at radius 1 is 0.838 bits per heavy atom. The first-order valence-electron chi connectivity index (χ1n) is 12.0. The van der Waals surface area contributed by atoms with E-state index in [9.17, 15) is 29.1 Å². The number of nitrogens with two attached hydrogens (primary N) is 1. The van der Waals surface area contributed by atoms with E-state index in [0.29, 0.717) is 45.3 Å². The van der Waals surface area contributed by atoms with Crippen molar-refractivity contribution < 1.29 is 39.3 Å². The SMILES string of the molecule is NCCCCC(=O)N(CCCCC(NC(=O)NC(CCC(=O)O)C(=O)O)C(=O)O)Cc1ccc(Br)cc1. The van der Waals surface area contributed by atoms with Crippen LogP contribution in [0.3, 0.4) is 0 Å². The Balaban J connectivity index is 2.65. The van der Waals surface area contributed by atoms with E-state index in [1.807, 2.05) is 24.3 Å². The molecule has 1 rings (SSSR count). The van der Waals surface area contributed by atoms with Gasteiger partial charge in [0.25, 0.3) is 0 Å². The third-order valence-electron chi connectivity index (χ3n) is 5.51. The maximum Gasteiger partial charge on any atom is 0.326 e. The van der Waals surface area contributed by atoms with Crippen LogP contribution in [0.2, 0.25) is 0 Å². The summed E-state index contributed by atoms with van der Waals surface area (Å²) in [5.74, 6) is -3.96. The van der Waals surface area contributed by atoms with Crippen LogP contribution >= 0.6 is 15.9 Å². The Morgan fingerprint density at radius 2 is 1.43 bits per heavy atom. The Hall–Kier alpha value is -3.19. The van der Waals surface area contributed by atoms with Crippen LogP contribution in [0, 0.1) is 0 Å². The van der Waals surface area contributed by atoms with Gasteiger partial charge in [0.15, 0.2) is 0 Å². The van der Waals surface area contributed by atoms with Gasteiger partial charge in [-0.05, 0) is 62.8 Å². The standard InChI is InChI=1S/C24H35BrN4O8/c25-17-9-7-16(8-10-17)15-29(20(30)6-1-3-13-26)14-4-2-5-18(22(33)34)27-24(37)28-19(23(35)36)11-12-21(31)32/h7-10,18-19H,1-6,11-15,26H2,(H,31,32)(H,33,34)(H,35,36)(H2,27,28,37). The second kappa shape index (κ2) is 17.3. The molecule has 0 saturated carbocycles. The molecule has 0 bridgehead atoms. The van der Waals surface area contributed by atoms with Crippen molar-refractivity contribution in [3.05, 3.63) is 34.3 Å². The molecule has 0 heterocycles. The molecule has 12 nitrogen and oxygen atoms in total. The van der Waals surface area contributed by atoms with Crippen LogP contribution in [0.1, 0.15) is 56.9 Å². The molecule has 0 saturated heterocycles. The first kappa shape index (κ1) is 31.8. The smallest absolute Gasteiger partial charge is 0.326 e. The number of carbonyl (C=O) groups is 5. The van der Waals surface area contributed by atoms with Crippen LogP contribution < -0.4 is 16.4 Å². The summed E-state index contributed by atoms with van der Waals surface area (Å²) >= 11 is 3.38. The number of carboxylic acids is 3. The second-order valence-corrected chi connectivity index (χ2v) is 9.43. The van der Waals surface area contributed by atoms with Crippen LogP contribution in [-0.4, -0.2) is 75.2 Å². The molecule has 0 aliphatic rings. The van der Waals surface area contributed by atoms with Crippen molar-refractivity contribution in [2.24, 2.45) is 5.73 Å². The van der Waals surface area contributed by atoms with Gasteiger partial charge in [0.2, 0.25) is 5.91 Å². The number of hydrogen-bond acceptors (Lipinski definition) is 6. The van der Waals surface area contributed by atoms with Crippen molar-refractivity contribution in [2.45, 2.75) is 70.0 Å². The predicted molar refractivity (Wildman–Crippen MR) is 138 cm³/mol. The van der Waals surface area contributed by atoms with E-state index in [1.165, 1.54) is 0 Å². The summed E-state index contributed by atoms with van der Waals surface area (Å²) in [6, 6.07) is 3.82. The van der Waals surface area contributed by atoms with Crippen LogP contribution in [0.4, 0.5) is 4.79 Å². The topological polar surface area (TPSA) is 199 Å². The molecule has 0 aromatic heterocycles. The van der Waals surface area contributed by atoms with Gasteiger partial charge in [-0.1, -0.05) is 28.1 Å². The van der Waals surface area contributed by atoms with Gasteiger partial charge in [-0.3, -0.25) is 9.59 Å². The van der Waals surface area contributed by atoms with Gasteiger partial charge in [0.05, 0.1) is 0 Å². The number of nitrogens with zero attached hydrogens (tertiary/aromatic N) is 1. The van der Waals surface area contributed by atoms with Crippen LogP contribution in [0.5, 0.6) is 0 Å². The van der Waals surface area contributed by atoms with Gasteiger partial charge in [-0.25, -0.2) is 14.4 Å². The van der Waals surface area contributed by atoms with Crippen LogP contribution in [-0.2, 0) is 25.7 Å². The molecule has 0 radical (unpaired) electrons. The Labute approximate surface area is 223 Å². The first-order chi connectivity index (χ1) is 17.5. The molecule has 13 heteroatoms. The maximum atomic E-state index is 12.8. The fourth-order valence-corrected chi connectivity index (χ4v) is 3.74. The number of unbranched alkanes of at least 4 members (excludes halogenated alkanes) is 2. The summed E-state index contributed by atoms with van der Waals surface area (Å²) in [6.45, 7) is 1.31. The maximum absolute atomic E-state index is 12.8. The van der Waals surface area contributed by atoms with Crippen molar-refractivity contribution >= 4 is 45.8 Å². The highest BCUT2D eigenvalue weighted by Crippen LogP contribution is 2.15. The summed E-state index contributed by atoms with van der Waals surface area (Å²) in [4.78, 5) is 60.1. The number of carboxylic acid groups (broad SMARTS) is 3. The van der Waals surface area contributed by atoms with Gasteiger partial charge < -0.3 is 36.6 Å². The van der Waals surface area contributed by atoms with Crippen molar-refractivity contribution in [1.29, 1.82) is 0 Å². The zero-order valence-electron chi connectivity index (χ0n) is 20.5. The molecule has 206 valence electrons. The van der Waals surface area contributed by atoms with E-state index in [0.717, 1.165) is 16.5 Å². The van der Waals surface area contributed by atoms with E-state index >= 15 is 0 Å². The van der Waals surface area contributed by atoms with E-state index < -0.39 is 42.4 Å². The van der Waals surface area contributed by atoms with Crippen LogP contribution in [0.25, 0.3) is 0 Å². The molecular weight excluding hydrogens is 552 g/mol. The number of halogens is 1. The largest absolute Gasteiger partial charge is 0.481 e. The first-order valence-corrected chi connectivity index (χ1v) is 12.8. The fraction of sp³-hybridized carbons (Fsp3) is 0.542. The summed E-state index contributed by atoms with van der Waals surface area (Å²) in [6.07, 6.45) is 1.89. The van der Waals surface area contributed by atoms with E-state index in [-0.39, 0.29) is 18.7 Å². The van der Waals surface area contributed by atoms with Gasteiger partial charge in [0.1, 0.15) is 12.1 Å². The number of rotatable bonds is 18. The third kappa shape index (κ3) is 13.6. The number of benzene rings is 1. The molecule has 1 aromatic rings. The summed E-state index contributed by atoms with van der Waals surface area (Å²) in [5.41, 5.74) is 6.47. The van der Waals surface area contributed by atoms with E-state index in [2.05, 4.69) is 26.6 Å². The zero-order chi connectivity index (χ0) is 27.8. The minimum absolute atomic E-state index is 0.0234. The Bertz CT molecular complexity index is 913. The highest BCUT2D eigenvalue weighted by molar-refractivity contribution is 9.10. The normalized spacial score (nSPS) is 12.3. The average Bonchev–Trinajstić information content (AvgIpc) is 2.83. The molecule has 0 aliphatic carbocycles. The summed E-state index contributed by atoms with van der Waals surface area (Å²) < 4.78 is 0.921. The molecule has 0 fully saturated rings. The average molecular weight is 587 g/mol. The lowest BCUT2D eigenvalue weighted by molar-refractivity contribution is -0.140. The van der Waals surface area contributed by atoms with Gasteiger partial charge >= 0.3 is 23.9 Å². The molecule has 3 amide bonds. The lowest BCUT2D eigenvalue weighted by Crippen LogP contribution is -2.51. The molecular formula is C24H35BrN4O8. The summed E-state index contributed by atoms with van der Waals surface area (Å²) in [5, 5.41) is 31.6. The zero-order valence-corrected chi connectivity index (χ0v) is 22.1. The second-order valence-electron chi connectivity index (χ2n) is 8.52. The molecule has 37 heavy (non-hydrogen) atoms. The van der Waals surface area contributed by atoms with E-state index in [1.54, 1.807) is 4.90 Å². The molecule has 1 aromatic carbocycles. The minimum Gasteiger partial charge on any atom is -0.481 e. The number of hydrogen-bond donors (Lipinski definition) is 6. The summed E-state index contributed by atoms with van der Waals surface area (Å²) in [7, 11) is 0. The molecule has 2 atom stereocenters. The quantitative estimate of drug-likeness (QED) is 0.139. The molecule has 0 aliphatic heterocycles. The van der Waals surface area contributed by atoms with Gasteiger partial charge in [-0.15, -0.1) is 0 Å². The number of carbonyl (C=O) groups excluding carboxylic acids is 2. The van der Waals surface area contributed by atoms with Crippen molar-refractivity contribution in [3.8, 4) is 0 Å². The molecule has 2 unspecified atom stereocenters. The van der Waals surface area contributed by atoms with Gasteiger partial charge in [0, 0.05) is 30.4 Å². The van der Waals surface area contributed by atoms with Crippen molar-refractivity contribution in [1.82, 2.24) is 15.5 Å². The molecule has 0 spiro atoms. The van der Waals surface area contributed by atoms with Crippen LogP contribution in [0.15, 0.2) is 28.7 Å². The number of nitrogens with one attached hydrogen (secondary N) is 2. The lowest BCUT2D eigenvalue weighted by atomic mass is 10.1. The highest BCUT2D eigenvalue weighted by atomic mass is 79.9. The van der Waals surface area contributed by atoms with Gasteiger partial charge in [-0.2, -0.15) is 0 Å².